The summed E-state index contributed by atoms with van der Waals surface area (Å²) in [6.45, 7) is 0. The summed E-state index contributed by atoms with van der Waals surface area (Å²) in [7, 11) is -3.85. The number of alkyl halides is 3. The van der Waals surface area contributed by atoms with E-state index in [0.29, 0.717) is 12.8 Å². The molecule has 0 bridgehead atoms. The normalized spacial score (nSPS) is 12.9. The molecule has 3 nitrogen and oxygen atoms in total. The highest BCUT2D eigenvalue weighted by Crippen LogP contribution is 2.23. The van der Waals surface area contributed by atoms with Crippen molar-refractivity contribution in [2.45, 2.75) is 64.0 Å². The molecule has 110 valence electrons. The van der Waals surface area contributed by atoms with Crippen LogP contribution >= 0.6 is 0 Å². The lowest BCUT2D eigenvalue weighted by atomic mass is 10.1. The minimum atomic E-state index is -4.05. The van der Waals surface area contributed by atoms with E-state index in [-0.39, 0.29) is 12.2 Å². The summed E-state index contributed by atoms with van der Waals surface area (Å²) in [5.74, 6) is -0.210. The van der Waals surface area contributed by atoms with Gasteiger partial charge in [0.1, 0.15) is 0 Å². The van der Waals surface area contributed by atoms with E-state index in [0.717, 1.165) is 32.1 Å². The number of halogens is 3. The first-order valence-corrected chi connectivity index (χ1v) is 7.83. The van der Waals surface area contributed by atoms with Gasteiger partial charge in [0.05, 0.1) is 5.75 Å². The van der Waals surface area contributed by atoms with Crippen LogP contribution < -0.4 is 0 Å². The molecular formula is C11H21F3O3S. The van der Waals surface area contributed by atoms with Gasteiger partial charge in [-0.2, -0.15) is 21.6 Å². The number of hydrogen-bond donors (Lipinski definition) is 1. The second-order valence-corrected chi connectivity index (χ2v) is 6.05. The molecule has 0 saturated carbocycles. The topological polar surface area (TPSA) is 54.4 Å². The maximum absolute atomic E-state index is 11.8. The summed E-state index contributed by atoms with van der Waals surface area (Å²) in [4.78, 5) is 0. The SMILES string of the molecule is O=S(=O)(O)CCCCCCCCCCC(F)(F)F. The zero-order valence-corrected chi connectivity index (χ0v) is 11.2. The smallest absolute Gasteiger partial charge is 0.286 e. The lowest BCUT2D eigenvalue weighted by molar-refractivity contribution is -0.135. The standard InChI is InChI=1S/C11H21F3O3S/c12-11(13,14)9-7-5-3-1-2-4-6-8-10-18(15,16)17/h1-10H2,(H,15,16,17). The number of rotatable bonds is 10. The Morgan fingerprint density at radius 2 is 1.17 bits per heavy atom. The molecule has 0 spiro atoms. The number of unbranched alkanes of at least 4 members (excludes halogenated alkanes) is 7. The van der Waals surface area contributed by atoms with Crippen molar-refractivity contribution in [1.29, 1.82) is 0 Å². The summed E-state index contributed by atoms with van der Waals surface area (Å²) in [6, 6.07) is 0. The van der Waals surface area contributed by atoms with Gasteiger partial charge in [-0.15, -0.1) is 0 Å². The molecule has 18 heavy (non-hydrogen) atoms. The van der Waals surface area contributed by atoms with E-state index in [1.54, 1.807) is 0 Å². The molecule has 0 aliphatic carbocycles. The highest BCUT2D eigenvalue weighted by atomic mass is 32.2. The van der Waals surface area contributed by atoms with Crippen LogP contribution in [-0.2, 0) is 10.1 Å². The molecule has 0 atom stereocenters. The van der Waals surface area contributed by atoms with E-state index in [1.807, 2.05) is 0 Å². The van der Waals surface area contributed by atoms with Crippen molar-refractivity contribution >= 4 is 10.1 Å². The molecule has 0 unspecified atom stereocenters. The molecule has 0 saturated heterocycles. The molecule has 0 aliphatic rings. The molecule has 0 fully saturated rings. The van der Waals surface area contributed by atoms with Gasteiger partial charge in [0.15, 0.2) is 0 Å². The molecule has 0 aliphatic heterocycles. The van der Waals surface area contributed by atoms with Gasteiger partial charge >= 0.3 is 6.18 Å². The fourth-order valence-corrected chi connectivity index (χ4v) is 2.24. The second kappa shape index (κ2) is 8.74. The molecular weight excluding hydrogens is 269 g/mol. The Bertz CT molecular complexity index is 299. The van der Waals surface area contributed by atoms with Crippen molar-refractivity contribution in [3.63, 3.8) is 0 Å². The van der Waals surface area contributed by atoms with E-state index in [2.05, 4.69) is 0 Å². The van der Waals surface area contributed by atoms with E-state index >= 15 is 0 Å². The Kier molecular flexibility index (Phi) is 8.60. The van der Waals surface area contributed by atoms with E-state index < -0.39 is 22.7 Å². The summed E-state index contributed by atoms with van der Waals surface area (Å²) >= 11 is 0. The Balaban J connectivity index is 3.17. The Labute approximate surface area is 107 Å². The third kappa shape index (κ3) is 15.7. The summed E-state index contributed by atoms with van der Waals surface area (Å²) in [5.41, 5.74) is 0. The quantitative estimate of drug-likeness (QED) is 0.489. The maximum Gasteiger partial charge on any atom is 0.389 e. The van der Waals surface area contributed by atoms with Gasteiger partial charge in [0, 0.05) is 6.42 Å². The zero-order chi connectivity index (χ0) is 14.1. The molecule has 0 heterocycles. The van der Waals surface area contributed by atoms with Gasteiger partial charge in [-0.3, -0.25) is 4.55 Å². The molecule has 0 aromatic rings. The van der Waals surface area contributed by atoms with Crippen LogP contribution in [0.25, 0.3) is 0 Å². The third-order valence-corrected chi connectivity index (χ3v) is 3.42. The summed E-state index contributed by atoms with van der Waals surface area (Å²) in [6.07, 6.45) is 0.605. The molecule has 0 rings (SSSR count). The predicted octanol–water partition coefficient (Wildman–Crippen LogP) is 3.95. The summed E-state index contributed by atoms with van der Waals surface area (Å²) < 4.78 is 64.6. The van der Waals surface area contributed by atoms with Crippen molar-refractivity contribution in [3.05, 3.63) is 0 Å². The fraction of sp³-hybridized carbons (Fsp3) is 1.00. The summed E-state index contributed by atoms with van der Waals surface area (Å²) in [5, 5.41) is 0. The Morgan fingerprint density at radius 1 is 0.778 bits per heavy atom. The minimum Gasteiger partial charge on any atom is -0.286 e. The zero-order valence-electron chi connectivity index (χ0n) is 10.4. The van der Waals surface area contributed by atoms with Gasteiger partial charge < -0.3 is 0 Å². The van der Waals surface area contributed by atoms with E-state index in [9.17, 15) is 21.6 Å². The lowest BCUT2D eigenvalue weighted by Crippen LogP contribution is -2.06. The monoisotopic (exact) mass is 290 g/mol. The Hall–Kier alpha value is -0.300. The predicted molar refractivity (Wildman–Crippen MR) is 64.0 cm³/mol. The van der Waals surface area contributed by atoms with Crippen LogP contribution in [0.5, 0.6) is 0 Å². The van der Waals surface area contributed by atoms with Crippen molar-refractivity contribution in [3.8, 4) is 0 Å². The maximum atomic E-state index is 11.8. The van der Waals surface area contributed by atoms with Crippen molar-refractivity contribution in [1.82, 2.24) is 0 Å². The van der Waals surface area contributed by atoms with Crippen LogP contribution in [0.1, 0.15) is 57.8 Å². The average molecular weight is 290 g/mol. The number of hydrogen-bond acceptors (Lipinski definition) is 2. The van der Waals surface area contributed by atoms with Gasteiger partial charge in [-0.1, -0.05) is 38.5 Å². The average Bonchev–Trinajstić information content (AvgIpc) is 2.17. The lowest BCUT2D eigenvalue weighted by Gasteiger charge is -2.05. The van der Waals surface area contributed by atoms with Gasteiger partial charge in [0.25, 0.3) is 10.1 Å². The first-order valence-electron chi connectivity index (χ1n) is 6.23. The first kappa shape index (κ1) is 17.7. The highest BCUT2D eigenvalue weighted by molar-refractivity contribution is 7.85. The van der Waals surface area contributed by atoms with E-state index in [1.165, 1.54) is 0 Å². The molecule has 0 amide bonds. The minimum absolute atomic E-state index is 0.187. The van der Waals surface area contributed by atoms with Crippen molar-refractivity contribution in [2.75, 3.05) is 5.75 Å². The van der Waals surface area contributed by atoms with Gasteiger partial charge in [-0.05, 0) is 12.8 Å². The van der Waals surface area contributed by atoms with Gasteiger partial charge in [0.2, 0.25) is 0 Å². The van der Waals surface area contributed by atoms with Crippen LogP contribution in [0.3, 0.4) is 0 Å². The van der Waals surface area contributed by atoms with E-state index in [4.69, 9.17) is 4.55 Å². The second-order valence-electron chi connectivity index (χ2n) is 4.48. The molecule has 0 radical (unpaired) electrons. The third-order valence-electron chi connectivity index (χ3n) is 2.61. The molecule has 0 aromatic carbocycles. The van der Waals surface area contributed by atoms with Crippen LogP contribution in [0.15, 0.2) is 0 Å². The molecule has 1 N–H and O–H groups in total. The molecule has 0 aromatic heterocycles. The van der Waals surface area contributed by atoms with Crippen molar-refractivity contribution in [2.24, 2.45) is 0 Å². The van der Waals surface area contributed by atoms with Crippen LogP contribution in [0.2, 0.25) is 0 Å². The Morgan fingerprint density at radius 3 is 1.56 bits per heavy atom. The molecule has 7 heteroatoms. The largest absolute Gasteiger partial charge is 0.389 e. The fourth-order valence-electron chi connectivity index (χ4n) is 1.67. The highest BCUT2D eigenvalue weighted by Gasteiger charge is 2.25. The first-order chi connectivity index (χ1) is 8.21. The van der Waals surface area contributed by atoms with Crippen molar-refractivity contribution < 1.29 is 26.1 Å². The van der Waals surface area contributed by atoms with Crippen LogP contribution in [0.4, 0.5) is 13.2 Å². The van der Waals surface area contributed by atoms with Crippen LogP contribution in [-0.4, -0.2) is 24.9 Å². The van der Waals surface area contributed by atoms with Gasteiger partial charge in [-0.25, -0.2) is 0 Å². The van der Waals surface area contributed by atoms with Crippen LogP contribution in [0, 0.1) is 0 Å².